The van der Waals surface area contributed by atoms with E-state index in [0.29, 0.717) is 24.8 Å². The van der Waals surface area contributed by atoms with Crippen molar-refractivity contribution in [3.8, 4) is 5.75 Å². The number of hydrogen-bond donors (Lipinski definition) is 1. The molecule has 1 aliphatic rings. The highest BCUT2D eigenvalue weighted by molar-refractivity contribution is 7.89. The Morgan fingerprint density at radius 1 is 1.13 bits per heavy atom. The van der Waals surface area contributed by atoms with Crippen LogP contribution >= 0.6 is 0 Å². The summed E-state index contributed by atoms with van der Waals surface area (Å²) >= 11 is 0. The highest BCUT2D eigenvalue weighted by Crippen LogP contribution is 2.28. The van der Waals surface area contributed by atoms with E-state index in [1.54, 1.807) is 28.6 Å². The van der Waals surface area contributed by atoms with Crippen LogP contribution in [0.3, 0.4) is 0 Å². The van der Waals surface area contributed by atoms with E-state index in [4.69, 9.17) is 4.74 Å². The lowest BCUT2D eigenvalue weighted by Gasteiger charge is -2.29. The number of aryl methyl sites for hydroxylation is 1. The van der Waals surface area contributed by atoms with Crippen LogP contribution in [0.1, 0.15) is 50.7 Å². The molecule has 7 heteroatoms. The molecule has 0 atom stereocenters. The monoisotopic (exact) mass is 444 g/mol. The molecule has 1 heterocycles. The molecule has 0 unspecified atom stereocenters. The molecule has 168 valence electrons. The minimum Gasteiger partial charge on any atom is -0.484 e. The van der Waals surface area contributed by atoms with E-state index in [2.05, 4.69) is 26.1 Å². The number of sulfonamides is 1. The number of amides is 1. The summed E-state index contributed by atoms with van der Waals surface area (Å²) in [7, 11) is -3.49. The fraction of sp³-hybridized carbons (Fsp3) is 0.458. The molecule has 6 nitrogen and oxygen atoms in total. The number of nitrogens with zero attached hydrogens (tertiary/aromatic N) is 1. The quantitative estimate of drug-likeness (QED) is 0.679. The largest absolute Gasteiger partial charge is 0.484 e. The number of carbonyl (C=O) groups is 1. The van der Waals surface area contributed by atoms with Gasteiger partial charge < -0.3 is 10.1 Å². The van der Waals surface area contributed by atoms with E-state index in [1.807, 2.05) is 25.1 Å². The van der Waals surface area contributed by atoms with Crippen molar-refractivity contribution in [1.29, 1.82) is 0 Å². The van der Waals surface area contributed by atoms with Crippen LogP contribution in [0.15, 0.2) is 47.4 Å². The van der Waals surface area contributed by atoms with Gasteiger partial charge in [-0.2, -0.15) is 4.31 Å². The van der Waals surface area contributed by atoms with Crippen molar-refractivity contribution in [3.05, 3.63) is 53.6 Å². The summed E-state index contributed by atoms with van der Waals surface area (Å²) in [6.45, 7) is 9.24. The first-order valence-corrected chi connectivity index (χ1v) is 12.2. The van der Waals surface area contributed by atoms with Crippen molar-refractivity contribution in [1.82, 2.24) is 4.31 Å². The number of benzene rings is 2. The minimum absolute atomic E-state index is 0.151. The topological polar surface area (TPSA) is 75.7 Å². The van der Waals surface area contributed by atoms with E-state index in [-0.39, 0.29) is 23.3 Å². The number of rotatable bonds is 7. The van der Waals surface area contributed by atoms with Crippen LogP contribution in [0.4, 0.5) is 5.69 Å². The number of carbonyl (C=O) groups excluding carboxylic acids is 1. The summed E-state index contributed by atoms with van der Waals surface area (Å²) in [6, 6.07) is 12.2. The maximum absolute atomic E-state index is 12.8. The summed E-state index contributed by atoms with van der Waals surface area (Å²) in [5.41, 5.74) is 2.90. The third-order valence-electron chi connectivity index (χ3n) is 5.77. The average Bonchev–Trinajstić information content (AvgIpc) is 2.74. The van der Waals surface area contributed by atoms with E-state index >= 15 is 0 Å². The van der Waals surface area contributed by atoms with Crippen LogP contribution in [0.25, 0.3) is 0 Å². The zero-order valence-electron chi connectivity index (χ0n) is 18.7. The van der Waals surface area contributed by atoms with Crippen molar-refractivity contribution in [2.45, 2.75) is 51.3 Å². The summed E-state index contributed by atoms with van der Waals surface area (Å²) in [6.07, 6.45) is 1.77. The van der Waals surface area contributed by atoms with Crippen molar-refractivity contribution < 1.29 is 17.9 Å². The van der Waals surface area contributed by atoms with Gasteiger partial charge in [-0.3, -0.25) is 4.79 Å². The number of ether oxygens (including phenoxy) is 1. The van der Waals surface area contributed by atoms with Crippen molar-refractivity contribution >= 4 is 21.6 Å². The molecular weight excluding hydrogens is 412 g/mol. The fourth-order valence-electron chi connectivity index (χ4n) is 3.75. The Balaban J connectivity index is 1.60. The third-order valence-corrected chi connectivity index (χ3v) is 7.68. The first-order chi connectivity index (χ1) is 14.7. The molecule has 0 aromatic heterocycles. The molecule has 0 spiro atoms. The van der Waals surface area contributed by atoms with Crippen LogP contribution in [-0.2, 0) is 14.8 Å². The van der Waals surface area contributed by atoms with E-state index in [0.717, 1.165) is 29.7 Å². The Bertz CT molecular complexity index is 1010. The molecule has 1 aliphatic heterocycles. The van der Waals surface area contributed by atoms with Crippen LogP contribution in [0.2, 0.25) is 0 Å². The van der Waals surface area contributed by atoms with Crippen molar-refractivity contribution in [3.63, 3.8) is 0 Å². The number of piperidine rings is 1. The Hall–Kier alpha value is -2.38. The lowest BCUT2D eigenvalue weighted by molar-refractivity contribution is -0.118. The summed E-state index contributed by atoms with van der Waals surface area (Å²) in [5, 5.41) is 2.95. The molecule has 0 radical (unpaired) electrons. The second-order valence-corrected chi connectivity index (χ2v) is 10.5. The molecule has 31 heavy (non-hydrogen) atoms. The van der Waals surface area contributed by atoms with Crippen LogP contribution in [0, 0.1) is 12.8 Å². The van der Waals surface area contributed by atoms with Gasteiger partial charge in [0.2, 0.25) is 10.0 Å². The molecule has 0 saturated carbocycles. The SMILES string of the molecule is Cc1cccc(C(C)C)c1NC(=O)COc1ccc(S(=O)(=O)N2CCC(C)CC2)cc1. The molecule has 2 aromatic carbocycles. The van der Waals surface area contributed by atoms with Crippen LogP contribution in [0.5, 0.6) is 5.75 Å². The van der Waals surface area contributed by atoms with Gasteiger partial charge in [0.15, 0.2) is 6.61 Å². The van der Waals surface area contributed by atoms with Crippen LogP contribution < -0.4 is 10.1 Å². The smallest absolute Gasteiger partial charge is 0.262 e. The maximum Gasteiger partial charge on any atom is 0.262 e. The fourth-order valence-corrected chi connectivity index (χ4v) is 5.22. The molecule has 0 aliphatic carbocycles. The number of para-hydroxylation sites is 1. The standard InChI is InChI=1S/C24H32N2O4S/c1-17(2)22-7-5-6-19(4)24(22)25-23(27)16-30-20-8-10-21(11-9-20)31(28,29)26-14-12-18(3)13-15-26/h5-11,17-18H,12-16H2,1-4H3,(H,25,27). The first kappa shape index (κ1) is 23.3. The van der Waals surface area contributed by atoms with Gasteiger partial charge in [-0.25, -0.2) is 8.42 Å². The molecule has 0 bridgehead atoms. The molecular formula is C24H32N2O4S. The normalized spacial score (nSPS) is 15.8. The minimum atomic E-state index is -3.49. The van der Waals surface area contributed by atoms with Gasteiger partial charge >= 0.3 is 0 Å². The van der Waals surface area contributed by atoms with E-state index in [1.165, 1.54) is 0 Å². The second-order valence-electron chi connectivity index (χ2n) is 8.59. The van der Waals surface area contributed by atoms with Gasteiger partial charge in [-0.15, -0.1) is 0 Å². The molecule has 1 saturated heterocycles. The zero-order valence-corrected chi connectivity index (χ0v) is 19.5. The van der Waals surface area contributed by atoms with Crippen molar-refractivity contribution in [2.75, 3.05) is 25.0 Å². The van der Waals surface area contributed by atoms with E-state index in [9.17, 15) is 13.2 Å². The molecule has 2 aromatic rings. The Morgan fingerprint density at radius 2 is 1.77 bits per heavy atom. The summed E-state index contributed by atoms with van der Waals surface area (Å²) < 4.78 is 32.8. The van der Waals surface area contributed by atoms with Gasteiger partial charge in [-0.1, -0.05) is 39.0 Å². The highest BCUT2D eigenvalue weighted by Gasteiger charge is 2.28. The molecule has 1 N–H and O–H groups in total. The van der Waals surface area contributed by atoms with E-state index < -0.39 is 10.0 Å². The zero-order chi connectivity index (χ0) is 22.6. The predicted octanol–water partition coefficient (Wildman–Crippen LogP) is 4.56. The molecule has 1 amide bonds. The lowest BCUT2D eigenvalue weighted by Crippen LogP contribution is -2.37. The maximum atomic E-state index is 12.8. The number of hydrogen-bond acceptors (Lipinski definition) is 4. The van der Waals surface area contributed by atoms with Crippen molar-refractivity contribution in [2.24, 2.45) is 5.92 Å². The van der Waals surface area contributed by atoms with Crippen LogP contribution in [-0.4, -0.2) is 38.3 Å². The van der Waals surface area contributed by atoms with Gasteiger partial charge in [0.1, 0.15) is 5.75 Å². The Kier molecular flexibility index (Phi) is 7.38. The lowest BCUT2D eigenvalue weighted by atomic mass is 9.98. The molecule has 3 rings (SSSR count). The summed E-state index contributed by atoms with van der Waals surface area (Å²) in [5.74, 6) is 1.05. The first-order valence-electron chi connectivity index (χ1n) is 10.8. The molecule has 1 fully saturated rings. The number of anilines is 1. The number of nitrogens with one attached hydrogen (secondary N) is 1. The predicted molar refractivity (Wildman–Crippen MR) is 123 cm³/mol. The van der Waals surface area contributed by atoms with Gasteiger partial charge in [0.25, 0.3) is 5.91 Å². The summed E-state index contributed by atoms with van der Waals surface area (Å²) in [4.78, 5) is 12.7. The second kappa shape index (κ2) is 9.83. The average molecular weight is 445 g/mol. The van der Waals surface area contributed by atoms with Gasteiger partial charge in [0.05, 0.1) is 4.90 Å². The van der Waals surface area contributed by atoms with Gasteiger partial charge in [-0.05, 0) is 67.0 Å². The highest BCUT2D eigenvalue weighted by atomic mass is 32.2. The Morgan fingerprint density at radius 3 is 2.39 bits per heavy atom. The Labute approximate surface area is 185 Å². The van der Waals surface area contributed by atoms with Gasteiger partial charge in [0, 0.05) is 18.8 Å². The third kappa shape index (κ3) is 5.66.